The summed E-state index contributed by atoms with van der Waals surface area (Å²) in [7, 11) is 3.17. The second kappa shape index (κ2) is 8.73. The fourth-order valence-corrected chi connectivity index (χ4v) is 3.26. The zero-order valence-corrected chi connectivity index (χ0v) is 17.4. The molecule has 160 valence electrons. The van der Waals surface area contributed by atoms with Crippen molar-refractivity contribution in [1.29, 1.82) is 0 Å². The number of carbonyl (C=O) groups excluding carboxylic acids is 1. The molecule has 1 aliphatic heterocycles. The molecule has 0 radical (unpaired) electrons. The van der Waals surface area contributed by atoms with Crippen molar-refractivity contribution in [2.45, 2.75) is 0 Å². The van der Waals surface area contributed by atoms with Gasteiger partial charge in [-0.2, -0.15) is 10.1 Å². The first-order chi connectivity index (χ1) is 15.5. The summed E-state index contributed by atoms with van der Waals surface area (Å²) in [6, 6.07) is 20.2. The van der Waals surface area contributed by atoms with Crippen LogP contribution in [-0.4, -0.2) is 30.8 Å². The molecule has 8 heteroatoms. The predicted octanol–water partition coefficient (Wildman–Crippen LogP) is 4.45. The van der Waals surface area contributed by atoms with E-state index in [2.05, 4.69) is 5.10 Å². The van der Waals surface area contributed by atoms with Crippen molar-refractivity contribution in [2.75, 3.05) is 19.2 Å². The molecule has 0 aliphatic carbocycles. The first-order valence-corrected chi connectivity index (χ1v) is 9.68. The van der Waals surface area contributed by atoms with Crippen molar-refractivity contribution >= 4 is 29.1 Å². The minimum absolute atomic E-state index is 0.0613. The Balaban J connectivity index is 1.77. The molecule has 3 aromatic rings. The van der Waals surface area contributed by atoms with Crippen LogP contribution in [0.3, 0.4) is 0 Å². The SMILES string of the molecule is COc1ccc(C=C2C(=O)N(c3ccc([N+](=O)[O-])cc3)N=C2c2ccc(OC)cc2)cc1. The van der Waals surface area contributed by atoms with Crippen LogP contribution in [0.5, 0.6) is 11.5 Å². The Morgan fingerprint density at radius 3 is 1.97 bits per heavy atom. The van der Waals surface area contributed by atoms with E-state index in [1.807, 2.05) is 36.4 Å². The van der Waals surface area contributed by atoms with E-state index in [0.717, 1.165) is 11.1 Å². The van der Waals surface area contributed by atoms with Crippen LogP contribution in [0, 0.1) is 10.1 Å². The minimum Gasteiger partial charge on any atom is -0.497 e. The van der Waals surface area contributed by atoms with Gasteiger partial charge in [0.1, 0.15) is 17.2 Å². The van der Waals surface area contributed by atoms with Crippen molar-refractivity contribution < 1.29 is 19.2 Å². The Hall–Kier alpha value is -4.46. The highest BCUT2D eigenvalue weighted by molar-refractivity contribution is 6.37. The van der Waals surface area contributed by atoms with E-state index in [4.69, 9.17) is 9.47 Å². The van der Waals surface area contributed by atoms with Gasteiger partial charge in [0.05, 0.1) is 30.4 Å². The molecule has 0 N–H and O–H groups in total. The van der Waals surface area contributed by atoms with Gasteiger partial charge in [-0.3, -0.25) is 14.9 Å². The van der Waals surface area contributed by atoms with Gasteiger partial charge >= 0.3 is 0 Å². The van der Waals surface area contributed by atoms with Gasteiger partial charge in [0.2, 0.25) is 0 Å². The molecule has 0 saturated carbocycles. The summed E-state index contributed by atoms with van der Waals surface area (Å²) in [5.74, 6) is 1.06. The molecule has 32 heavy (non-hydrogen) atoms. The largest absolute Gasteiger partial charge is 0.497 e. The van der Waals surface area contributed by atoms with Crippen molar-refractivity contribution in [3.8, 4) is 11.5 Å². The van der Waals surface area contributed by atoms with E-state index in [1.54, 1.807) is 32.4 Å². The Kier molecular flexibility index (Phi) is 5.67. The van der Waals surface area contributed by atoms with Crippen molar-refractivity contribution in [1.82, 2.24) is 0 Å². The number of hydrazone groups is 1. The molecule has 0 aromatic heterocycles. The fourth-order valence-electron chi connectivity index (χ4n) is 3.26. The first-order valence-electron chi connectivity index (χ1n) is 9.68. The number of nitro benzene ring substituents is 1. The summed E-state index contributed by atoms with van der Waals surface area (Å²) < 4.78 is 10.4. The van der Waals surface area contributed by atoms with Crippen LogP contribution in [0.2, 0.25) is 0 Å². The maximum atomic E-state index is 13.3. The topological polar surface area (TPSA) is 94.3 Å². The molecule has 0 spiro atoms. The number of anilines is 1. The first kappa shape index (κ1) is 20.8. The van der Waals surface area contributed by atoms with Gasteiger partial charge in [-0.25, -0.2) is 0 Å². The lowest BCUT2D eigenvalue weighted by atomic mass is 10.00. The third-order valence-electron chi connectivity index (χ3n) is 4.97. The van der Waals surface area contributed by atoms with E-state index in [-0.39, 0.29) is 11.6 Å². The number of carbonyl (C=O) groups is 1. The van der Waals surface area contributed by atoms with Crippen molar-refractivity contribution in [2.24, 2.45) is 5.10 Å². The summed E-state index contributed by atoms with van der Waals surface area (Å²) in [5.41, 5.74) is 2.81. The summed E-state index contributed by atoms with van der Waals surface area (Å²) in [6.07, 6.45) is 1.76. The standard InChI is InChI=1S/C24H19N3O5/c1-31-20-11-3-16(4-12-20)15-22-23(17-5-13-21(32-2)14-6-17)25-26(24(22)28)18-7-9-19(10-8-18)27(29)30/h3-15H,1-2H3. The quantitative estimate of drug-likeness (QED) is 0.328. The van der Waals surface area contributed by atoms with Crippen LogP contribution in [0.15, 0.2) is 83.5 Å². The molecule has 3 aromatic carbocycles. The number of methoxy groups -OCH3 is 2. The molecular formula is C24H19N3O5. The summed E-state index contributed by atoms with van der Waals surface area (Å²) >= 11 is 0. The number of non-ortho nitro benzene ring substituents is 1. The highest BCUT2D eigenvalue weighted by Gasteiger charge is 2.32. The van der Waals surface area contributed by atoms with Gasteiger partial charge < -0.3 is 9.47 Å². The fraction of sp³-hybridized carbons (Fsp3) is 0.0833. The van der Waals surface area contributed by atoms with Gasteiger partial charge in [0.15, 0.2) is 0 Å². The molecule has 0 unspecified atom stereocenters. The lowest BCUT2D eigenvalue weighted by Crippen LogP contribution is -2.21. The smallest absolute Gasteiger partial charge is 0.281 e. The Morgan fingerprint density at radius 1 is 0.875 bits per heavy atom. The summed E-state index contributed by atoms with van der Waals surface area (Å²) in [6.45, 7) is 0. The molecule has 0 saturated heterocycles. The second-order valence-corrected chi connectivity index (χ2v) is 6.90. The maximum absolute atomic E-state index is 13.3. The molecule has 0 atom stereocenters. The summed E-state index contributed by atoms with van der Waals surface area (Å²) in [4.78, 5) is 23.8. The predicted molar refractivity (Wildman–Crippen MR) is 121 cm³/mol. The van der Waals surface area contributed by atoms with Crippen LogP contribution in [0.4, 0.5) is 11.4 Å². The normalized spacial score (nSPS) is 14.4. The van der Waals surface area contributed by atoms with E-state index >= 15 is 0 Å². The van der Waals surface area contributed by atoms with Gasteiger partial charge in [-0.15, -0.1) is 0 Å². The Bertz CT molecular complexity index is 1210. The zero-order valence-electron chi connectivity index (χ0n) is 17.4. The highest BCUT2D eigenvalue weighted by atomic mass is 16.6. The Labute approximate surface area is 184 Å². The van der Waals surface area contributed by atoms with Crippen LogP contribution < -0.4 is 14.5 Å². The third kappa shape index (κ3) is 4.06. The number of rotatable bonds is 6. The number of nitro groups is 1. The van der Waals surface area contributed by atoms with Crippen molar-refractivity contribution in [3.63, 3.8) is 0 Å². The van der Waals surface area contributed by atoms with Crippen LogP contribution in [0.1, 0.15) is 11.1 Å². The van der Waals surface area contributed by atoms with Gasteiger partial charge in [-0.1, -0.05) is 12.1 Å². The van der Waals surface area contributed by atoms with Crippen LogP contribution in [0.25, 0.3) is 6.08 Å². The molecular weight excluding hydrogens is 410 g/mol. The molecule has 0 bridgehead atoms. The van der Waals surface area contributed by atoms with E-state index < -0.39 is 4.92 Å². The van der Waals surface area contributed by atoms with E-state index in [1.165, 1.54) is 29.3 Å². The number of hydrogen-bond donors (Lipinski definition) is 0. The second-order valence-electron chi connectivity index (χ2n) is 6.90. The highest BCUT2D eigenvalue weighted by Crippen LogP contribution is 2.30. The van der Waals surface area contributed by atoms with Crippen molar-refractivity contribution in [3.05, 3.63) is 99.6 Å². The molecule has 1 amide bonds. The summed E-state index contributed by atoms with van der Waals surface area (Å²) in [5, 5.41) is 16.8. The molecule has 0 fully saturated rings. The Morgan fingerprint density at radius 2 is 1.44 bits per heavy atom. The zero-order chi connectivity index (χ0) is 22.7. The van der Waals surface area contributed by atoms with E-state index in [0.29, 0.717) is 28.5 Å². The lowest BCUT2D eigenvalue weighted by molar-refractivity contribution is -0.384. The average molecular weight is 429 g/mol. The van der Waals surface area contributed by atoms with Crippen LogP contribution >= 0.6 is 0 Å². The lowest BCUT2D eigenvalue weighted by Gasteiger charge is -2.11. The third-order valence-corrected chi connectivity index (χ3v) is 4.97. The monoisotopic (exact) mass is 429 g/mol. The molecule has 1 heterocycles. The van der Waals surface area contributed by atoms with Crippen LogP contribution in [-0.2, 0) is 4.79 Å². The van der Waals surface area contributed by atoms with Gasteiger partial charge in [-0.05, 0) is 60.2 Å². The van der Waals surface area contributed by atoms with Gasteiger partial charge in [0.25, 0.3) is 11.6 Å². The molecule has 4 rings (SSSR count). The number of hydrogen-bond acceptors (Lipinski definition) is 6. The number of benzene rings is 3. The minimum atomic E-state index is -0.489. The average Bonchev–Trinajstić information content (AvgIpc) is 3.15. The molecule has 8 nitrogen and oxygen atoms in total. The number of ether oxygens (including phenoxy) is 2. The maximum Gasteiger partial charge on any atom is 0.281 e. The number of nitrogens with zero attached hydrogens (tertiary/aromatic N) is 3. The van der Waals surface area contributed by atoms with E-state index in [9.17, 15) is 14.9 Å². The number of amides is 1. The van der Waals surface area contributed by atoms with Gasteiger partial charge in [0, 0.05) is 17.7 Å². The molecule has 1 aliphatic rings.